The van der Waals surface area contributed by atoms with Gasteiger partial charge < -0.3 is 15.6 Å². The van der Waals surface area contributed by atoms with Crippen LogP contribution in [0.15, 0.2) is 12.4 Å². The Kier molecular flexibility index (Phi) is 4.01. The molecule has 0 saturated heterocycles. The van der Waals surface area contributed by atoms with E-state index in [2.05, 4.69) is 10.3 Å². The average molecular weight is 250 g/mol. The number of nitrogens with two attached hydrogens (primary N) is 1. The summed E-state index contributed by atoms with van der Waals surface area (Å²) in [5.74, 6) is 1.05. The fourth-order valence-electron chi connectivity index (χ4n) is 2.59. The molecule has 1 aromatic rings. The second kappa shape index (κ2) is 5.52. The van der Waals surface area contributed by atoms with Crippen molar-refractivity contribution in [1.29, 1.82) is 0 Å². The van der Waals surface area contributed by atoms with Gasteiger partial charge in [-0.2, -0.15) is 0 Å². The summed E-state index contributed by atoms with van der Waals surface area (Å²) in [6.45, 7) is 0.625. The molecule has 1 aromatic heterocycles. The normalized spacial score (nSPS) is 17.9. The molecule has 0 unspecified atom stereocenters. The predicted octanol–water partition coefficient (Wildman–Crippen LogP) is 0.740. The maximum Gasteiger partial charge on any atom is 0.221 e. The van der Waals surface area contributed by atoms with Crippen LogP contribution < -0.4 is 11.1 Å². The first kappa shape index (κ1) is 13.1. The Balaban J connectivity index is 1.70. The molecule has 2 rings (SSSR count). The number of aryl methyl sites for hydroxylation is 1. The summed E-state index contributed by atoms with van der Waals surface area (Å²) in [5.41, 5.74) is 5.92. The molecule has 0 aromatic carbocycles. The molecule has 1 amide bonds. The van der Waals surface area contributed by atoms with E-state index in [-0.39, 0.29) is 11.4 Å². The van der Waals surface area contributed by atoms with Gasteiger partial charge in [0.05, 0.1) is 0 Å². The summed E-state index contributed by atoms with van der Waals surface area (Å²) >= 11 is 0. The van der Waals surface area contributed by atoms with E-state index in [0.717, 1.165) is 37.9 Å². The number of rotatable bonds is 5. The van der Waals surface area contributed by atoms with Crippen LogP contribution in [-0.4, -0.2) is 27.5 Å². The first-order valence-corrected chi connectivity index (χ1v) is 6.61. The lowest BCUT2D eigenvalue weighted by Crippen LogP contribution is -2.42. The van der Waals surface area contributed by atoms with E-state index >= 15 is 0 Å². The van der Waals surface area contributed by atoms with Crippen molar-refractivity contribution in [3.05, 3.63) is 18.2 Å². The second-order valence-electron chi connectivity index (χ2n) is 5.30. The molecule has 0 aliphatic heterocycles. The predicted molar refractivity (Wildman–Crippen MR) is 69.9 cm³/mol. The fraction of sp³-hybridized carbons (Fsp3) is 0.692. The third kappa shape index (κ3) is 3.32. The average Bonchev–Trinajstić information content (AvgIpc) is 2.89. The highest BCUT2D eigenvalue weighted by Crippen LogP contribution is 2.29. The molecule has 1 aliphatic carbocycles. The van der Waals surface area contributed by atoms with Crippen LogP contribution in [0.2, 0.25) is 0 Å². The Labute approximate surface area is 108 Å². The molecule has 0 atom stereocenters. The van der Waals surface area contributed by atoms with Crippen molar-refractivity contribution >= 4 is 5.91 Å². The van der Waals surface area contributed by atoms with E-state index in [1.54, 1.807) is 6.20 Å². The zero-order valence-corrected chi connectivity index (χ0v) is 11.0. The van der Waals surface area contributed by atoms with Crippen molar-refractivity contribution in [3.8, 4) is 0 Å². The highest BCUT2D eigenvalue weighted by molar-refractivity contribution is 5.77. The number of hydrogen-bond donors (Lipinski definition) is 2. The van der Waals surface area contributed by atoms with Crippen molar-refractivity contribution in [3.63, 3.8) is 0 Å². The molecule has 1 fully saturated rings. The molecule has 1 saturated carbocycles. The van der Waals surface area contributed by atoms with Gasteiger partial charge in [-0.25, -0.2) is 4.98 Å². The third-order valence-corrected chi connectivity index (χ3v) is 3.70. The number of carbonyl (C=O) groups is 1. The minimum Gasteiger partial charge on any atom is -0.356 e. The van der Waals surface area contributed by atoms with E-state index < -0.39 is 0 Å². The van der Waals surface area contributed by atoms with Crippen LogP contribution >= 0.6 is 0 Å². The molecule has 5 heteroatoms. The van der Waals surface area contributed by atoms with E-state index in [4.69, 9.17) is 5.73 Å². The lowest BCUT2D eigenvalue weighted by molar-refractivity contribution is -0.122. The monoisotopic (exact) mass is 250 g/mol. The van der Waals surface area contributed by atoms with E-state index in [1.165, 1.54) is 0 Å². The van der Waals surface area contributed by atoms with Crippen LogP contribution in [-0.2, 0) is 18.3 Å². The molecule has 0 bridgehead atoms. The molecule has 18 heavy (non-hydrogen) atoms. The zero-order valence-electron chi connectivity index (χ0n) is 11.0. The molecule has 3 N–H and O–H groups in total. The second-order valence-corrected chi connectivity index (χ2v) is 5.30. The Morgan fingerprint density at radius 2 is 2.28 bits per heavy atom. The van der Waals surface area contributed by atoms with Gasteiger partial charge in [0.2, 0.25) is 5.91 Å². The summed E-state index contributed by atoms with van der Waals surface area (Å²) in [7, 11) is 1.96. The Bertz CT molecular complexity index is 407. The summed E-state index contributed by atoms with van der Waals surface area (Å²) < 4.78 is 1.97. The molecule has 0 radical (unpaired) electrons. The van der Waals surface area contributed by atoms with Crippen LogP contribution in [0.4, 0.5) is 0 Å². The SMILES string of the molecule is Cn1ccnc1CCNC(=O)CC1(N)CCCC1. The number of nitrogens with zero attached hydrogens (tertiary/aromatic N) is 2. The van der Waals surface area contributed by atoms with Gasteiger partial charge >= 0.3 is 0 Å². The Hall–Kier alpha value is -1.36. The van der Waals surface area contributed by atoms with Crippen LogP contribution in [0.1, 0.15) is 37.9 Å². The molecular formula is C13H22N4O. The van der Waals surface area contributed by atoms with Crippen molar-refractivity contribution in [2.24, 2.45) is 12.8 Å². The molecule has 1 heterocycles. The molecule has 0 spiro atoms. The number of carbonyl (C=O) groups excluding carboxylic acids is 1. The van der Waals surface area contributed by atoms with Crippen molar-refractivity contribution in [2.75, 3.05) is 6.54 Å². The van der Waals surface area contributed by atoms with Gasteiger partial charge in [0.25, 0.3) is 0 Å². The lowest BCUT2D eigenvalue weighted by Gasteiger charge is -2.22. The maximum atomic E-state index is 11.8. The van der Waals surface area contributed by atoms with Gasteiger partial charge in [-0.15, -0.1) is 0 Å². The van der Waals surface area contributed by atoms with Crippen molar-refractivity contribution in [1.82, 2.24) is 14.9 Å². The molecule has 5 nitrogen and oxygen atoms in total. The first-order valence-electron chi connectivity index (χ1n) is 6.61. The Morgan fingerprint density at radius 3 is 2.89 bits per heavy atom. The third-order valence-electron chi connectivity index (χ3n) is 3.70. The van der Waals surface area contributed by atoms with Crippen LogP contribution in [0.5, 0.6) is 0 Å². The summed E-state index contributed by atoms with van der Waals surface area (Å²) in [6, 6.07) is 0. The fourth-order valence-corrected chi connectivity index (χ4v) is 2.59. The minimum absolute atomic E-state index is 0.0635. The maximum absolute atomic E-state index is 11.8. The van der Waals surface area contributed by atoms with Gasteiger partial charge in [-0.1, -0.05) is 12.8 Å². The van der Waals surface area contributed by atoms with Gasteiger partial charge in [0.15, 0.2) is 0 Å². The summed E-state index contributed by atoms with van der Waals surface area (Å²) in [4.78, 5) is 16.0. The topological polar surface area (TPSA) is 72.9 Å². The number of hydrogen-bond acceptors (Lipinski definition) is 3. The number of aromatic nitrogens is 2. The van der Waals surface area contributed by atoms with Gasteiger partial charge in [-0.05, 0) is 12.8 Å². The highest BCUT2D eigenvalue weighted by atomic mass is 16.1. The van der Waals surface area contributed by atoms with Gasteiger partial charge in [0, 0.05) is 44.4 Å². The standard InChI is InChI=1S/C13H22N4O/c1-17-9-8-15-11(17)4-7-16-12(18)10-13(14)5-2-3-6-13/h8-9H,2-7,10,14H2,1H3,(H,16,18). The number of nitrogens with one attached hydrogen (secondary N) is 1. The highest BCUT2D eigenvalue weighted by Gasteiger charge is 2.31. The van der Waals surface area contributed by atoms with Gasteiger partial charge in [0.1, 0.15) is 5.82 Å². The van der Waals surface area contributed by atoms with E-state index in [9.17, 15) is 4.79 Å². The number of imidazole rings is 1. The van der Waals surface area contributed by atoms with E-state index in [0.29, 0.717) is 13.0 Å². The smallest absolute Gasteiger partial charge is 0.221 e. The van der Waals surface area contributed by atoms with Crippen LogP contribution in [0.25, 0.3) is 0 Å². The minimum atomic E-state index is -0.257. The number of amides is 1. The van der Waals surface area contributed by atoms with E-state index in [1.807, 2.05) is 17.8 Å². The summed E-state index contributed by atoms with van der Waals surface area (Å²) in [5, 5.41) is 2.93. The lowest BCUT2D eigenvalue weighted by atomic mass is 9.94. The van der Waals surface area contributed by atoms with Crippen LogP contribution in [0.3, 0.4) is 0 Å². The molecule has 100 valence electrons. The van der Waals surface area contributed by atoms with Crippen molar-refractivity contribution < 1.29 is 4.79 Å². The molecular weight excluding hydrogens is 228 g/mol. The zero-order chi connectivity index (χ0) is 13.0. The van der Waals surface area contributed by atoms with Gasteiger partial charge in [-0.3, -0.25) is 4.79 Å². The van der Waals surface area contributed by atoms with Crippen LogP contribution in [0, 0.1) is 0 Å². The molecule has 1 aliphatic rings. The Morgan fingerprint density at radius 1 is 1.56 bits per heavy atom. The van der Waals surface area contributed by atoms with Crippen molar-refractivity contribution in [2.45, 2.75) is 44.1 Å². The largest absolute Gasteiger partial charge is 0.356 e. The first-order chi connectivity index (χ1) is 8.59. The quantitative estimate of drug-likeness (QED) is 0.809. The summed E-state index contributed by atoms with van der Waals surface area (Å²) in [6.07, 6.45) is 9.13.